The molecule has 0 amide bonds. The van der Waals surface area contributed by atoms with Gasteiger partial charge in [0.15, 0.2) is 0 Å². The monoisotopic (exact) mass is 211 g/mol. The van der Waals surface area contributed by atoms with Crippen LogP contribution in [0.4, 0.5) is 0 Å². The normalized spacial score (nSPS) is 10.1. The van der Waals surface area contributed by atoms with Crippen LogP contribution in [-0.4, -0.2) is 16.5 Å². The summed E-state index contributed by atoms with van der Waals surface area (Å²) in [4.78, 5) is 7.71. The zero-order chi connectivity index (χ0) is 9.26. The van der Waals surface area contributed by atoms with Crippen LogP contribution < -0.4 is 5.73 Å². The number of aryl methyl sites for hydroxylation is 1. The van der Waals surface area contributed by atoms with Crippen LogP contribution in [0.3, 0.4) is 0 Å². The van der Waals surface area contributed by atoms with Gasteiger partial charge in [0, 0.05) is 6.42 Å². The van der Waals surface area contributed by atoms with Gasteiger partial charge in [0.25, 0.3) is 0 Å². The van der Waals surface area contributed by atoms with Gasteiger partial charge in [-0.15, -0.1) is 12.4 Å². The Morgan fingerprint density at radius 1 is 1.43 bits per heavy atom. The highest BCUT2D eigenvalue weighted by molar-refractivity contribution is 5.85. The predicted octanol–water partition coefficient (Wildman–Crippen LogP) is 1.79. The highest BCUT2D eigenvalue weighted by Crippen LogP contribution is 2.15. The molecule has 0 unspecified atom stereocenters. The molecule has 76 valence electrons. The van der Waals surface area contributed by atoms with Gasteiger partial charge in [-0.1, -0.05) is 12.1 Å². The number of hydrogen-bond acceptors (Lipinski definition) is 2. The summed E-state index contributed by atoms with van der Waals surface area (Å²) in [5.41, 5.74) is 8.83. The van der Waals surface area contributed by atoms with Crippen LogP contribution in [0.5, 0.6) is 0 Å². The molecule has 0 radical (unpaired) electrons. The topological polar surface area (TPSA) is 54.7 Å². The van der Waals surface area contributed by atoms with E-state index in [1.807, 2.05) is 12.1 Å². The maximum atomic E-state index is 5.46. The van der Waals surface area contributed by atoms with E-state index >= 15 is 0 Å². The summed E-state index contributed by atoms with van der Waals surface area (Å²) < 4.78 is 0. The largest absolute Gasteiger partial charge is 0.342 e. The van der Waals surface area contributed by atoms with Gasteiger partial charge < -0.3 is 10.7 Å². The zero-order valence-electron chi connectivity index (χ0n) is 8.08. The predicted molar refractivity (Wildman–Crippen MR) is 60.8 cm³/mol. The molecule has 0 fully saturated rings. The summed E-state index contributed by atoms with van der Waals surface area (Å²) in [5, 5.41) is 0. The quantitative estimate of drug-likeness (QED) is 0.796. The van der Waals surface area contributed by atoms with Crippen LogP contribution in [-0.2, 0) is 6.42 Å². The van der Waals surface area contributed by atoms with Crippen molar-refractivity contribution in [2.45, 2.75) is 13.3 Å². The Labute approximate surface area is 89.1 Å². The Hall–Kier alpha value is -1.06. The average molecular weight is 212 g/mol. The van der Waals surface area contributed by atoms with Crippen molar-refractivity contribution in [2.75, 3.05) is 6.54 Å². The number of para-hydroxylation sites is 1. The van der Waals surface area contributed by atoms with Gasteiger partial charge in [-0.25, -0.2) is 4.98 Å². The third-order valence-electron chi connectivity index (χ3n) is 2.14. The SMILES string of the molecule is Cc1cccc2[nH]c(CCN)nc12.Cl. The van der Waals surface area contributed by atoms with Gasteiger partial charge >= 0.3 is 0 Å². The first-order chi connectivity index (χ1) is 6.31. The van der Waals surface area contributed by atoms with E-state index in [0.29, 0.717) is 6.54 Å². The van der Waals surface area contributed by atoms with Crippen molar-refractivity contribution in [3.63, 3.8) is 0 Å². The first kappa shape index (κ1) is 11.0. The summed E-state index contributed by atoms with van der Waals surface area (Å²) in [7, 11) is 0. The Kier molecular flexibility index (Phi) is 3.49. The summed E-state index contributed by atoms with van der Waals surface area (Å²) in [6.07, 6.45) is 0.814. The molecule has 0 bridgehead atoms. The minimum absolute atomic E-state index is 0. The highest BCUT2D eigenvalue weighted by atomic mass is 35.5. The number of fused-ring (bicyclic) bond motifs is 1. The number of imidazole rings is 1. The molecule has 0 aliphatic heterocycles. The van der Waals surface area contributed by atoms with E-state index in [4.69, 9.17) is 5.73 Å². The van der Waals surface area contributed by atoms with E-state index in [-0.39, 0.29) is 12.4 Å². The molecule has 4 heteroatoms. The number of rotatable bonds is 2. The van der Waals surface area contributed by atoms with Crippen LogP contribution in [0, 0.1) is 6.92 Å². The van der Waals surface area contributed by atoms with Crippen LogP contribution in [0.1, 0.15) is 11.4 Å². The fourth-order valence-electron chi connectivity index (χ4n) is 1.48. The fraction of sp³-hybridized carbons (Fsp3) is 0.300. The second kappa shape index (κ2) is 4.44. The van der Waals surface area contributed by atoms with Crippen molar-refractivity contribution in [1.82, 2.24) is 9.97 Å². The third kappa shape index (κ3) is 1.89. The van der Waals surface area contributed by atoms with Gasteiger partial charge in [0.1, 0.15) is 5.82 Å². The smallest absolute Gasteiger partial charge is 0.108 e. The Morgan fingerprint density at radius 3 is 2.86 bits per heavy atom. The second-order valence-corrected chi connectivity index (χ2v) is 3.19. The minimum Gasteiger partial charge on any atom is -0.342 e. The van der Waals surface area contributed by atoms with Gasteiger partial charge in [0.05, 0.1) is 11.0 Å². The van der Waals surface area contributed by atoms with E-state index in [1.54, 1.807) is 0 Å². The first-order valence-corrected chi connectivity index (χ1v) is 4.45. The molecule has 0 aliphatic carbocycles. The second-order valence-electron chi connectivity index (χ2n) is 3.19. The molecular weight excluding hydrogens is 198 g/mol. The maximum absolute atomic E-state index is 5.46. The minimum atomic E-state index is 0. The van der Waals surface area contributed by atoms with Gasteiger partial charge in [-0.2, -0.15) is 0 Å². The molecule has 1 aromatic carbocycles. The molecule has 0 atom stereocenters. The Balaban J connectivity index is 0.000000980. The number of aromatic amines is 1. The fourth-order valence-corrected chi connectivity index (χ4v) is 1.48. The van der Waals surface area contributed by atoms with Crippen molar-refractivity contribution < 1.29 is 0 Å². The summed E-state index contributed by atoms with van der Waals surface area (Å²) >= 11 is 0. The van der Waals surface area contributed by atoms with Crippen molar-refractivity contribution in [2.24, 2.45) is 5.73 Å². The summed E-state index contributed by atoms with van der Waals surface area (Å²) in [5.74, 6) is 0.979. The van der Waals surface area contributed by atoms with E-state index < -0.39 is 0 Å². The molecule has 3 N–H and O–H groups in total. The molecule has 2 rings (SSSR count). The van der Waals surface area contributed by atoms with E-state index in [0.717, 1.165) is 23.3 Å². The molecule has 0 saturated heterocycles. The molecule has 14 heavy (non-hydrogen) atoms. The van der Waals surface area contributed by atoms with Crippen LogP contribution >= 0.6 is 12.4 Å². The lowest BCUT2D eigenvalue weighted by molar-refractivity contribution is 0.900. The molecular formula is C10H14ClN3. The first-order valence-electron chi connectivity index (χ1n) is 4.45. The number of nitrogens with two attached hydrogens (primary N) is 1. The van der Waals surface area contributed by atoms with Gasteiger partial charge in [0.2, 0.25) is 0 Å². The standard InChI is InChI=1S/C10H13N3.ClH/c1-7-3-2-4-8-10(7)13-9(12-8)5-6-11;/h2-4H,5-6,11H2,1H3,(H,12,13);1H. The van der Waals surface area contributed by atoms with Crippen molar-refractivity contribution in [1.29, 1.82) is 0 Å². The number of H-pyrrole nitrogens is 1. The van der Waals surface area contributed by atoms with Crippen LogP contribution in [0.15, 0.2) is 18.2 Å². The van der Waals surface area contributed by atoms with Crippen molar-refractivity contribution in [3.05, 3.63) is 29.6 Å². The van der Waals surface area contributed by atoms with E-state index in [9.17, 15) is 0 Å². The molecule has 1 heterocycles. The number of nitrogens with zero attached hydrogens (tertiary/aromatic N) is 1. The maximum Gasteiger partial charge on any atom is 0.108 e. The summed E-state index contributed by atoms with van der Waals surface area (Å²) in [6, 6.07) is 6.13. The molecule has 0 spiro atoms. The third-order valence-corrected chi connectivity index (χ3v) is 2.14. The lowest BCUT2D eigenvalue weighted by atomic mass is 10.2. The number of benzene rings is 1. The van der Waals surface area contributed by atoms with Crippen LogP contribution in [0.2, 0.25) is 0 Å². The lowest BCUT2D eigenvalue weighted by Crippen LogP contribution is -2.03. The van der Waals surface area contributed by atoms with E-state index in [2.05, 4.69) is 23.0 Å². The van der Waals surface area contributed by atoms with Crippen LogP contribution in [0.25, 0.3) is 11.0 Å². The number of nitrogens with one attached hydrogen (secondary N) is 1. The van der Waals surface area contributed by atoms with Crippen molar-refractivity contribution in [3.8, 4) is 0 Å². The average Bonchev–Trinajstić information content (AvgIpc) is 2.49. The van der Waals surface area contributed by atoms with E-state index in [1.165, 1.54) is 5.56 Å². The van der Waals surface area contributed by atoms with Gasteiger partial charge in [-0.3, -0.25) is 0 Å². The molecule has 2 aromatic rings. The highest BCUT2D eigenvalue weighted by Gasteiger charge is 2.02. The molecule has 0 saturated carbocycles. The number of aromatic nitrogens is 2. The Bertz CT molecular complexity index is 422. The molecule has 1 aromatic heterocycles. The summed E-state index contributed by atoms with van der Waals surface area (Å²) in [6.45, 7) is 2.70. The number of hydrogen-bond donors (Lipinski definition) is 2. The van der Waals surface area contributed by atoms with Crippen molar-refractivity contribution >= 4 is 23.4 Å². The zero-order valence-corrected chi connectivity index (χ0v) is 8.90. The number of halogens is 1. The molecule has 3 nitrogen and oxygen atoms in total. The molecule has 0 aliphatic rings. The van der Waals surface area contributed by atoms with Gasteiger partial charge in [-0.05, 0) is 25.1 Å². The Morgan fingerprint density at radius 2 is 2.21 bits per heavy atom. The lowest BCUT2D eigenvalue weighted by Gasteiger charge is -1.90.